The average molecular weight is 534 g/mol. The van der Waals surface area contributed by atoms with Gasteiger partial charge < -0.3 is 15.0 Å². The van der Waals surface area contributed by atoms with Crippen molar-refractivity contribution in [1.29, 1.82) is 0 Å². The predicted octanol–water partition coefficient (Wildman–Crippen LogP) is 5.19. The first-order chi connectivity index (χ1) is 17.3. The van der Waals surface area contributed by atoms with Crippen LogP contribution in [0, 0.1) is 11.7 Å². The monoisotopic (exact) mass is 534 g/mol. The molecule has 0 bridgehead atoms. The summed E-state index contributed by atoms with van der Waals surface area (Å²) in [6, 6.07) is 9.02. The van der Waals surface area contributed by atoms with E-state index in [9.17, 15) is 40.3 Å². The molecule has 2 fully saturated rings. The number of carbonyl (C=O) groups is 2. The molecule has 5 nitrogen and oxygen atoms in total. The maximum absolute atomic E-state index is 13.0. The van der Waals surface area contributed by atoms with Crippen molar-refractivity contribution < 1.29 is 45.1 Å². The SMILES string of the molecule is CNC(=O)C1CC(=O)N2CC(OCc3cc(C(F)(F)F)cc(C(F)(F)F)c3)CC2C1.Fc1ccccc1. The van der Waals surface area contributed by atoms with E-state index >= 15 is 0 Å². The van der Waals surface area contributed by atoms with Gasteiger partial charge in [-0.25, -0.2) is 4.39 Å². The van der Waals surface area contributed by atoms with Crippen LogP contribution >= 0.6 is 0 Å². The van der Waals surface area contributed by atoms with Crippen LogP contribution in [0.4, 0.5) is 30.7 Å². The zero-order valence-corrected chi connectivity index (χ0v) is 19.7. The standard InChI is InChI=1S/C19H20F6N2O3.C6H5F/c1-26-17(29)11-4-14-7-15(8-27(14)16(28)5-11)30-9-10-2-12(18(20,21)22)6-13(3-10)19(23,24)25;7-6-4-2-1-3-5-6/h2-3,6,11,14-15H,4-5,7-9H2,1H3,(H,26,29);1-5H. The molecule has 0 aliphatic carbocycles. The van der Waals surface area contributed by atoms with Gasteiger partial charge in [-0.15, -0.1) is 0 Å². The smallest absolute Gasteiger partial charge is 0.372 e. The number of hydrogen-bond acceptors (Lipinski definition) is 3. The predicted molar refractivity (Wildman–Crippen MR) is 118 cm³/mol. The molecule has 2 amide bonds. The lowest BCUT2D eigenvalue weighted by molar-refractivity contribution is -0.143. The molecule has 0 radical (unpaired) electrons. The van der Waals surface area contributed by atoms with Crippen molar-refractivity contribution in [1.82, 2.24) is 10.2 Å². The van der Waals surface area contributed by atoms with Gasteiger partial charge in [0.1, 0.15) is 5.82 Å². The van der Waals surface area contributed by atoms with Gasteiger partial charge in [-0.05, 0) is 48.7 Å². The van der Waals surface area contributed by atoms with Crippen LogP contribution in [-0.2, 0) is 33.3 Å². The minimum absolute atomic E-state index is 0.0610. The molecule has 0 spiro atoms. The zero-order valence-electron chi connectivity index (χ0n) is 19.7. The van der Waals surface area contributed by atoms with Gasteiger partial charge in [-0.3, -0.25) is 9.59 Å². The number of alkyl halides is 6. The number of hydrogen-bond donors (Lipinski definition) is 1. The number of ether oxygens (including phenoxy) is 1. The van der Waals surface area contributed by atoms with E-state index in [4.69, 9.17) is 4.74 Å². The number of nitrogens with zero attached hydrogens (tertiary/aromatic N) is 1. The molecule has 2 saturated heterocycles. The normalized spacial score (nSPS) is 21.7. The first kappa shape index (κ1) is 28.4. The molecule has 3 atom stereocenters. The summed E-state index contributed by atoms with van der Waals surface area (Å²) in [5.74, 6) is -1.09. The van der Waals surface area contributed by atoms with Gasteiger partial charge in [-0.1, -0.05) is 18.2 Å². The Morgan fingerprint density at radius 3 is 2.08 bits per heavy atom. The highest BCUT2D eigenvalue weighted by atomic mass is 19.4. The zero-order chi connectivity index (χ0) is 27.4. The van der Waals surface area contributed by atoms with Crippen molar-refractivity contribution in [2.24, 2.45) is 5.92 Å². The third-order valence-electron chi connectivity index (χ3n) is 6.16. The molecule has 2 aliphatic rings. The van der Waals surface area contributed by atoms with Crippen molar-refractivity contribution in [3.63, 3.8) is 0 Å². The molecule has 0 aromatic heterocycles. The van der Waals surface area contributed by atoms with Gasteiger partial charge >= 0.3 is 12.4 Å². The lowest BCUT2D eigenvalue weighted by Gasteiger charge is -2.33. The second-order valence-electron chi connectivity index (χ2n) is 8.83. The first-order valence-electron chi connectivity index (χ1n) is 11.4. The van der Waals surface area contributed by atoms with Crippen LogP contribution in [0.2, 0.25) is 0 Å². The van der Waals surface area contributed by atoms with Gasteiger partial charge in [0.2, 0.25) is 11.8 Å². The second-order valence-corrected chi connectivity index (χ2v) is 8.83. The fourth-order valence-electron chi connectivity index (χ4n) is 4.40. The lowest BCUT2D eigenvalue weighted by atomic mass is 9.90. The Morgan fingerprint density at radius 2 is 1.59 bits per heavy atom. The van der Waals surface area contributed by atoms with Crippen LogP contribution in [0.15, 0.2) is 48.5 Å². The van der Waals surface area contributed by atoms with Crippen molar-refractivity contribution in [2.45, 2.75) is 50.4 Å². The fraction of sp³-hybridized carbons (Fsp3) is 0.440. The van der Waals surface area contributed by atoms with Gasteiger partial charge in [0.15, 0.2) is 0 Å². The molecule has 3 unspecified atom stereocenters. The maximum Gasteiger partial charge on any atom is 0.416 e. The fourth-order valence-corrected chi connectivity index (χ4v) is 4.40. The van der Waals surface area contributed by atoms with Crippen LogP contribution < -0.4 is 5.32 Å². The number of rotatable bonds is 4. The van der Waals surface area contributed by atoms with E-state index in [-0.39, 0.29) is 48.3 Å². The number of fused-ring (bicyclic) bond motifs is 1. The Kier molecular flexibility index (Phi) is 8.83. The average Bonchev–Trinajstić information content (AvgIpc) is 3.25. The minimum atomic E-state index is -4.93. The van der Waals surface area contributed by atoms with Crippen LogP contribution in [0.25, 0.3) is 0 Å². The number of benzene rings is 2. The topological polar surface area (TPSA) is 58.6 Å². The molecule has 2 aromatic carbocycles. The van der Waals surface area contributed by atoms with Gasteiger partial charge in [0, 0.05) is 32.0 Å². The molecule has 1 N–H and O–H groups in total. The quantitative estimate of drug-likeness (QED) is 0.550. The number of halogens is 7. The van der Waals surface area contributed by atoms with Crippen molar-refractivity contribution in [3.05, 3.63) is 71.0 Å². The van der Waals surface area contributed by atoms with Gasteiger partial charge in [-0.2, -0.15) is 26.3 Å². The highest BCUT2D eigenvalue weighted by Gasteiger charge is 2.43. The largest absolute Gasteiger partial charge is 0.416 e. The molecule has 0 saturated carbocycles. The highest BCUT2D eigenvalue weighted by molar-refractivity contribution is 5.87. The summed E-state index contributed by atoms with van der Waals surface area (Å²) < 4.78 is 95.3. The lowest BCUT2D eigenvalue weighted by Crippen LogP contribution is -2.46. The van der Waals surface area contributed by atoms with E-state index in [1.807, 2.05) is 0 Å². The van der Waals surface area contributed by atoms with Crippen LogP contribution in [-0.4, -0.2) is 42.5 Å². The van der Waals surface area contributed by atoms with Crippen LogP contribution in [0.5, 0.6) is 0 Å². The van der Waals surface area contributed by atoms with Crippen LogP contribution in [0.1, 0.15) is 36.0 Å². The van der Waals surface area contributed by atoms with Gasteiger partial charge in [0.05, 0.1) is 23.8 Å². The van der Waals surface area contributed by atoms with E-state index in [1.54, 1.807) is 23.1 Å². The van der Waals surface area contributed by atoms with Crippen LogP contribution in [0.3, 0.4) is 0 Å². The van der Waals surface area contributed by atoms with Crippen molar-refractivity contribution in [3.8, 4) is 0 Å². The number of amides is 2. The number of carbonyl (C=O) groups excluding carboxylic acids is 2. The van der Waals surface area contributed by atoms with E-state index in [0.717, 1.165) is 0 Å². The molecule has 2 aliphatic heterocycles. The molecule has 4 rings (SSSR count). The Balaban J connectivity index is 0.000000468. The Hall–Kier alpha value is -3.15. The summed E-state index contributed by atoms with van der Waals surface area (Å²) in [5, 5.41) is 2.50. The second kappa shape index (κ2) is 11.5. The third-order valence-corrected chi connectivity index (χ3v) is 6.16. The van der Waals surface area contributed by atoms with E-state index in [0.29, 0.717) is 25.0 Å². The summed E-state index contributed by atoms with van der Waals surface area (Å²) >= 11 is 0. The summed E-state index contributed by atoms with van der Waals surface area (Å²) in [6.45, 7) is -0.264. The van der Waals surface area contributed by atoms with E-state index in [2.05, 4.69) is 5.32 Å². The minimum Gasteiger partial charge on any atom is -0.372 e. The molecule has 37 heavy (non-hydrogen) atoms. The molecule has 2 heterocycles. The van der Waals surface area contributed by atoms with E-state index < -0.39 is 42.1 Å². The summed E-state index contributed by atoms with van der Waals surface area (Å²) in [5.41, 5.74) is -3.05. The van der Waals surface area contributed by atoms with E-state index in [1.165, 1.54) is 19.2 Å². The van der Waals surface area contributed by atoms with Crippen molar-refractivity contribution >= 4 is 11.8 Å². The summed E-state index contributed by atoms with van der Waals surface area (Å²) in [6.07, 6.45) is -9.52. The third kappa shape index (κ3) is 7.67. The van der Waals surface area contributed by atoms with Gasteiger partial charge in [0.25, 0.3) is 0 Å². The Morgan fingerprint density at radius 1 is 1.00 bits per heavy atom. The molecule has 2 aromatic rings. The Bertz CT molecular complexity index is 1060. The molecule has 202 valence electrons. The summed E-state index contributed by atoms with van der Waals surface area (Å²) in [4.78, 5) is 25.7. The van der Waals surface area contributed by atoms with Crippen molar-refractivity contribution in [2.75, 3.05) is 13.6 Å². The summed E-state index contributed by atoms with van der Waals surface area (Å²) in [7, 11) is 1.48. The first-order valence-corrected chi connectivity index (χ1v) is 11.4. The highest BCUT2D eigenvalue weighted by Crippen LogP contribution is 2.37. The maximum atomic E-state index is 13.0. The molecular weight excluding hydrogens is 509 g/mol. The Labute approximate surface area is 208 Å². The molecule has 12 heteroatoms. The molecular formula is C25H25F7N2O3. The number of nitrogens with one attached hydrogen (secondary N) is 1. The number of piperidine rings is 1.